The van der Waals surface area contributed by atoms with Gasteiger partial charge in [-0.2, -0.15) is 0 Å². The van der Waals surface area contributed by atoms with Crippen molar-refractivity contribution in [1.82, 2.24) is 4.90 Å². The second-order valence-electron chi connectivity index (χ2n) is 4.93. The molecule has 1 heterocycles. The normalized spacial score (nSPS) is 10.6. The van der Waals surface area contributed by atoms with E-state index in [-0.39, 0.29) is 24.1 Å². The Bertz CT molecular complexity index is 659. The van der Waals surface area contributed by atoms with Crippen LogP contribution in [-0.4, -0.2) is 37.0 Å². The maximum atomic E-state index is 12.2. The molecule has 112 valence electrons. The number of hydrogen-bond donors (Lipinski definition) is 0. The molecule has 5 heteroatoms. The number of nitrogens with zero attached hydrogens (tertiary/aromatic N) is 1. The lowest BCUT2D eigenvalue weighted by Gasteiger charge is -2.14. The minimum absolute atomic E-state index is 0.176. The van der Waals surface area contributed by atoms with Crippen molar-refractivity contribution in [2.45, 2.75) is 20.3 Å². The Kier molecular flexibility index (Phi) is 4.62. The van der Waals surface area contributed by atoms with Crippen molar-refractivity contribution in [3.8, 4) is 0 Å². The first-order valence-corrected chi connectivity index (χ1v) is 6.92. The molecule has 0 atom stereocenters. The van der Waals surface area contributed by atoms with Gasteiger partial charge in [-0.25, -0.2) is 0 Å². The van der Waals surface area contributed by atoms with Gasteiger partial charge in [-0.05, 0) is 32.0 Å². The van der Waals surface area contributed by atoms with Crippen LogP contribution >= 0.6 is 0 Å². The number of furan rings is 1. The maximum Gasteiger partial charge on any atom is 0.307 e. The van der Waals surface area contributed by atoms with Crippen LogP contribution in [0.15, 0.2) is 28.7 Å². The summed E-state index contributed by atoms with van der Waals surface area (Å²) in [7, 11) is 1.64. The van der Waals surface area contributed by atoms with Crippen LogP contribution in [0.25, 0.3) is 11.0 Å². The molecule has 0 saturated carbocycles. The van der Waals surface area contributed by atoms with Crippen LogP contribution in [0.3, 0.4) is 0 Å². The molecule has 0 aliphatic heterocycles. The van der Waals surface area contributed by atoms with Crippen LogP contribution in [0.4, 0.5) is 0 Å². The van der Waals surface area contributed by atoms with Gasteiger partial charge in [0, 0.05) is 19.0 Å². The van der Waals surface area contributed by atoms with Gasteiger partial charge in [0.15, 0.2) is 5.76 Å². The fourth-order valence-corrected chi connectivity index (χ4v) is 2.05. The standard InChI is InChI=1S/C16H19NO4/c1-4-20-15(18)7-8-17(3)16(19)14-10-12-9-11(2)5-6-13(12)21-14/h5-6,9-10H,4,7-8H2,1-3H3. The highest BCUT2D eigenvalue weighted by atomic mass is 16.5. The fourth-order valence-electron chi connectivity index (χ4n) is 2.05. The number of carbonyl (C=O) groups excluding carboxylic acids is 2. The summed E-state index contributed by atoms with van der Waals surface area (Å²) < 4.78 is 10.4. The minimum Gasteiger partial charge on any atom is -0.466 e. The van der Waals surface area contributed by atoms with Crippen molar-refractivity contribution in [3.63, 3.8) is 0 Å². The van der Waals surface area contributed by atoms with E-state index in [4.69, 9.17) is 9.15 Å². The van der Waals surface area contributed by atoms with Gasteiger partial charge < -0.3 is 14.1 Å². The molecule has 1 aromatic carbocycles. The number of benzene rings is 1. The van der Waals surface area contributed by atoms with Crippen molar-refractivity contribution in [3.05, 3.63) is 35.6 Å². The van der Waals surface area contributed by atoms with Crippen LogP contribution in [0.2, 0.25) is 0 Å². The Balaban J connectivity index is 2.05. The zero-order valence-corrected chi connectivity index (χ0v) is 12.5. The number of amides is 1. The second-order valence-corrected chi connectivity index (χ2v) is 4.93. The Hall–Kier alpha value is -2.30. The number of fused-ring (bicyclic) bond motifs is 1. The lowest BCUT2D eigenvalue weighted by atomic mass is 10.2. The van der Waals surface area contributed by atoms with Crippen LogP contribution < -0.4 is 0 Å². The van der Waals surface area contributed by atoms with E-state index < -0.39 is 0 Å². The van der Waals surface area contributed by atoms with Crippen LogP contribution in [-0.2, 0) is 9.53 Å². The number of ether oxygens (including phenoxy) is 1. The lowest BCUT2D eigenvalue weighted by molar-refractivity contribution is -0.143. The fraction of sp³-hybridized carbons (Fsp3) is 0.375. The molecule has 0 aliphatic carbocycles. The lowest BCUT2D eigenvalue weighted by Crippen LogP contribution is -2.29. The molecule has 2 aromatic rings. The summed E-state index contributed by atoms with van der Waals surface area (Å²) in [5.41, 5.74) is 1.79. The van der Waals surface area contributed by atoms with Gasteiger partial charge in [-0.3, -0.25) is 9.59 Å². The number of esters is 1. The third-order valence-corrected chi connectivity index (χ3v) is 3.19. The first-order valence-electron chi connectivity index (χ1n) is 6.92. The molecule has 0 N–H and O–H groups in total. The third kappa shape index (κ3) is 3.62. The molecular formula is C16H19NO4. The van der Waals surface area contributed by atoms with Crippen molar-refractivity contribution < 1.29 is 18.7 Å². The first-order chi connectivity index (χ1) is 10.0. The van der Waals surface area contributed by atoms with Gasteiger partial charge in [-0.15, -0.1) is 0 Å². The van der Waals surface area contributed by atoms with Gasteiger partial charge in [0.2, 0.25) is 0 Å². The van der Waals surface area contributed by atoms with E-state index in [1.807, 2.05) is 25.1 Å². The van der Waals surface area contributed by atoms with Crippen LogP contribution in [0, 0.1) is 6.92 Å². The average Bonchev–Trinajstić information content (AvgIpc) is 2.87. The predicted octanol–water partition coefficient (Wildman–Crippen LogP) is 2.77. The van der Waals surface area contributed by atoms with Crippen molar-refractivity contribution in [2.75, 3.05) is 20.2 Å². The molecule has 0 spiro atoms. The Morgan fingerprint density at radius 1 is 1.29 bits per heavy atom. The molecular weight excluding hydrogens is 270 g/mol. The molecule has 0 bridgehead atoms. The van der Waals surface area contributed by atoms with Crippen molar-refractivity contribution >= 4 is 22.8 Å². The smallest absolute Gasteiger partial charge is 0.307 e. The molecule has 2 rings (SSSR count). The maximum absolute atomic E-state index is 12.2. The van der Waals surface area contributed by atoms with Gasteiger partial charge in [0.1, 0.15) is 5.58 Å². The molecule has 5 nitrogen and oxygen atoms in total. The van der Waals surface area contributed by atoms with Gasteiger partial charge in [0.05, 0.1) is 13.0 Å². The molecule has 1 amide bonds. The van der Waals surface area contributed by atoms with Crippen molar-refractivity contribution in [1.29, 1.82) is 0 Å². The molecule has 21 heavy (non-hydrogen) atoms. The zero-order valence-electron chi connectivity index (χ0n) is 12.5. The number of carbonyl (C=O) groups is 2. The highest BCUT2D eigenvalue weighted by Crippen LogP contribution is 2.21. The number of aryl methyl sites for hydroxylation is 1. The van der Waals surface area contributed by atoms with Gasteiger partial charge in [-0.1, -0.05) is 11.6 Å². The Labute approximate surface area is 123 Å². The molecule has 0 fully saturated rings. The molecule has 0 unspecified atom stereocenters. The quantitative estimate of drug-likeness (QED) is 0.794. The van der Waals surface area contributed by atoms with E-state index in [2.05, 4.69) is 0 Å². The summed E-state index contributed by atoms with van der Waals surface area (Å²) >= 11 is 0. The Morgan fingerprint density at radius 2 is 2.05 bits per heavy atom. The Morgan fingerprint density at radius 3 is 2.76 bits per heavy atom. The monoisotopic (exact) mass is 289 g/mol. The largest absolute Gasteiger partial charge is 0.466 e. The van der Waals surface area contributed by atoms with E-state index in [1.165, 1.54) is 4.90 Å². The zero-order chi connectivity index (χ0) is 15.4. The first kappa shape index (κ1) is 15.1. The van der Waals surface area contributed by atoms with E-state index in [9.17, 15) is 9.59 Å². The van der Waals surface area contributed by atoms with Crippen LogP contribution in [0.1, 0.15) is 29.5 Å². The highest BCUT2D eigenvalue weighted by molar-refractivity contribution is 5.96. The summed E-state index contributed by atoms with van der Waals surface area (Å²) in [6, 6.07) is 7.48. The minimum atomic E-state index is -0.308. The SMILES string of the molecule is CCOC(=O)CCN(C)C(=O)c1cc2cc(C)ccc2o1. The number of rotatable bonds is 5. The summed E-state index contributed by atoms with van der Waals surface area (Å²) in [6.45, 7) is 4.38. The second kappa shape index (κ2) is 6.43. The summed E-state index contributed by atoms with van der Waals surface area (Å²) in [5.74, 6) is -0.271. The summed E-state index contributed by atoms with van der Waals surface area (Å²) in [6.07, 6.45) is 0.176. The van der Waals surface area contributed by atoms with E-state index in [0.717, 1.165) is 10.9 Å². The molecule has 0 aliphatic rings. The van der Waals surface area contributed by atoms with E-state index in [0.29, 0.717) is 18.7 Å². The van der Waals surface area contributed by atoms with Crippen LogP contribution in [0.5, 0.6) is 0 Å². The summed E-state index contributed by atoms with van der Waals surface area (Å²) in [5, 5.41) is 0.900. The van der Waals surface area contributed by atoms with Crippen molar-refractivity contribution in [2.24, 2.45) is 0 Å². The molecule has 0 radical (unpaired) electrons. The molecule has 0 saturated heterocycles. The summed E-state index contributed by atoms with van der Waals surface area (Å²) in [4.78, 5) is 25.0. The average molecular weight is 289 g/mol. The van der Waals surface area contributed by atoms with E-state index in [1.54, 1.807) is 20.0 Å². The van der Waals surface area contributed by atoms with Gasteiger partial charge in [0.25, 0.3) is 5.91 Å². The predicted molar refractivity (Wildman–Crippen MR) is 79.2 cm³/mol. The van der Waals surface area contributed by atoms with Gasteiger partial charge >= 0.3 is 5.97 Å². The highest BCUT2D eigenvalue weighted by Gasteiger charge is 2.17. The van der Waals surface area contributed by atoms with E-state index >= 15 is 0 Å². The molecule has 1 aromatic heterocycles. The number of hydrogen-bond acceptors (Lipinski definition) is 4. The third-order valence-electron chi connectivity index (χ3n) is 3.19. The topological polar surface area (TPSA) is 59.8 Å².